The van der Waals surface area contributed by atoms with Gasteiger partial charge in [-0.3, -0.25) is 9.59 Å². The third-order valence-electron chi connectivity index (χ3n) is 4.63. The minimum Gasteiger partial charge on any atom is -0.372 e. The number of rotatable bonds is 2. The van der Waals surface area contributed by atoms with Crippen molar-refractivity contribution in [1.29, 1.82) is 0 Å². The third-order valence-corrected chi connectivity index (χ3v) is 4.63. The largest absolute Gasteiger partial charge is 0.372 e. The highest BCUT2D eigenvalue weighted by Crippen LogP contribution is 2.32. The lowest BCUT2D eigenvalue weighted by atomic mass is 10.1. The molecule has 116 valence electrons. The molecule has 2 amide bonds. The fourth-order valence-corrected chi connectivity index (χ4v) is 3.33. The summed E-state index contributed by atoms with van der Waals surface area (Å²) < 4.78 is 0. The first kappa shape index (κ1) is 14.0. The molecule has 0 atom stereocenters. The van der Waals surface area contributed by atoms with Crippen LogP contribution in [0.2, 0.25) is 0 Å². The van der Waals surface area contributed by atoms with Gasteiger partial charge < -0.3 is 4.90 Å². The van der Waals surface area contributed by atoms with E-state index in [2.05, 4.69) is 4.90 Å². The first-order valence-electron chi connectivity index (χ1n) is 7.99. The van der Waals surface area contributed by atoms with Gasteiger partial charge in [0.05, 0.1) is 16.8 Å². The monoisotopic (exact) mass is 306 g/mol. The van der Waals surface area contributed by atoms with E-state index in [9.17, 15) is 9.59 Å². The highest BCUT2D eigenvalue weighted by Gasteiger charge is 2.37. The van der Waals surface area contributed by atoms with Gasteiger partial charge in [0.2, 0.25) is 0 Å². The van der Waals surface area contributed by atoms with Crippen LogP contribution in [0.25, 0.3) is 0 Å². The number of hydrogen-bond donors (Lipinski definition) is 0. The molecule has 0 saturated carbocycles. The zero-order valence-electron chi connectivity index (χ0n) is 13.1. The van der Waals surface area contributed by atoms with Crippen molar-refractivity contribution in [2.45, 2.75) is 19.8 Å². The number of anilines is 2. The van der Waals surface area contributed by atoms with Crippen molar-refractivity contribution in [3.63, 3.8) is 0 Å². The molecule has 1 fully saturated rings. The quantitative estimate of drug-likeness (QED) is 0.799. The Bertz CT molecular complexity index is 790. The van der Waals surface area contributed by atoms with Crippen LogP contribution in [0.1, 0.15) is 39.1 Å². The summed E-state index contributed by atoms with van der Waals surface area (Å²) in [6.07, 6.45) is 2.36. The molecule has 0 unspecified atom stereocenters. The highest BCUT2D eigenvalue weighted by molar-refractivity contribution is 6.34. The maximum Gasteiger partial charge on any atom is 0.266 e. The summed E-state index contributed by atoms with van der Waals surface area (Å²) in [5.41, 5.74) is 3.78. The van der Waals surface area contributed by atoms with Gasteiger partial charge in [-0.1, -0.05) is 17.7 Å². The zero-order valence-corrected chi connectivity index (χ0v) is 13.1. The first-order chi connectivity index (χ1) is 11.1. The van der Waals surface area contributed by atoms with Gasteiger partial charge in [-0.15, -0.1) is 0 Å². The van der Waals surface area contributed by atoms with Crippen molar-refractivity contribution in [1.82, 2.24) is 0 Å². The Morgan fingerprint density at radius 2 is 1.39 bits per heavy atom. The number of fused-ring (bicyclic) bond motifs is 1. The van der Waals surface area contributed by atoms with Gasteiger partial charge in [0.25, 0.3) is 11.8 Å². The number of imide groups is 1. The summed E-state index contributed by atoms with van der Waals surface area (Å²) in [5.74, 6) is -0.461. The second kappa shape index (κ2) is 5.23. The van der Waals surface area contributed by atoms with E-state index in [1.807, 2.05) is 43.3 Å². The van der Waals surface area contributed by atoms with Crippen molar-refractivity contribution in [3.8, 4) is 0 Å². The number of hydrogen-bond acceptors (Lipinski definition) is 3. The number of aryl methyl sites for hydroxylation is 1. The molecule has 0 aliphatic carbocycles. The molecule has 2 heterocycles. The fraction of sp³-hybridized carbons (Fsp3) is 0.263. The van der Waals surface area contributed by atoms with Gasteiger partial charge in [0, 0.05) is 18.8 Å². The second-order valence-electron chi connectivity index (χ2n) is 6.21. The van der Waals surface area contributed by atoms with Gasteiger partial charge in [0.1, 0.15) is 0 Å². The molecule has 0 bridgehead atoms. The molecule has 0 N–H and O–H groups in total. The van der Waals surface area contributed by atoms with Crippen LogP contribution in [0.15, 0.2) is 42.5 Å². The van der Waals surface area contributed by atoms with Crippen molar-refractivity contribution < 1.29 is 9.59 Å². The van der Waals surface area contributed by atoms with E-state index in [0.29, 0.717) is 16.8 Å². The highest BCUT2D eigenvalue weighted by atomic mass is 16.2. The predicted octanol–water partition coefficient (Wildman–Crippen LogP) is 3.40. The minimum absolute atomic E-state index is 0.227. The van der Waals surface area contributed by atoms with Crippen LogP contribution in [0.4, 0.5) is 11.4 Å². The lowest BCUT2D eigenvalue weighted by molar-refractivity contribution is 0.0926. The maximum absolute atomic E-state index is 12.7. The van der Waals surface area contributed by atoms with Crippen LogP contribution in [0.5, 0.6) is 0 Å². The molecule has 23 heavy (non-hydrogen) atoms. The predicted molar refractivity (Wildman–Crippen MR) is 90.2 cm³/mol. The van der Waals surface area contributed by atoms with Crippen LogP contribution in [-0.4, -0.2) is 24.9 Å². The third kappa shape index (κ3) is 2.22. The second-order valence-corrected chi connectivity index (χ2v) is 6.21. The molecule has 2 aromatic carbocycles. The topological polar surface area (TPSA) is 40.6 Å². The average Bonchev–Trinajstić information content (AvgIpc) is 3.17. The molecule has 0 radical (unpaired) electrons. The molecule has 2 aliphatic rings. The Balaban J connectivity index is 1.72. The number of carbonyl (C=O) groups is 2. The average molecular weight is 306 g/mol. The van der Waals surface area contributed by atoms with E-state index in [1.54, 1.807) is 6.07 Å². The summed E-state index contributed by atoms with van der Waals surface area (Å²) in [4.78, 5) is 28.9. The molecule has 1 saturated heterocycles. The van der Waals surface area contributed by atoms with Gasteiger partial charge >= 0.3 is 0 Å². The molecule has 4 nitrogen and oxygen atoms in total. The Morgan fingerprint density at radius 3 is 2.09 bits per heavy atom. The van der Waals surface area contributed by atoms with Crippen molar-refractivity contribution in [2.24, 2.45) is 0 Å². The van der Waals surface area contributed by atoms with Crippen molar-refractivity contribution in [3.05, 3.63) is 59.2 Å². The van der Waals surface area contributed by atoms with Crippen molar-refractivity contribution in [2.75, 3.05) is 22.9 Å². The van der Waals surface area contributed by atoms with E-state index >= 15 is 0 Å². The summed E-state index contributed by atoms with van der Waals surface area (Å²) in [6, 6.07) is 13.1. The lowest BCUT2D eigenvalue weighted by Crippen LogP contribution is -2.29. The van der Waals surface area contributed by atoms with Crippen LogP contribution in [-0.2, 0) is 0 Å². The van der Waals surface area contributed by atoms with Gasteiger partial charge in [-0.2, -0.15) is 0 Å². The Morgan fingerprint density at radius 1 is 0.783 bits per heavy atom. The number of amides is 2. The Kier molecular flexibility index (Phi) is 3.18. The molecule has 4 heteroatoms. The summed E-state index contributed by atoms with van der Waals surface area (Å²) in [5, 5.41) is 0. The van der Waals surface area contributed by atoms with Crippen LogP contribution < -0.4 is 9.80 Å². The zero-order chi connectivity index (χ0) is 16.0. The molecule has 2 aromatic rings. The molecule has 2 aliphatic heterocycles. The molecule has 0 aromatic heterocycles. The van der Waals surface area contributed by atoms with Crippen LogP contribution in [0.3, 0.4) is 0 Å². The number of benzene rings is 2. The summed E-state index contributed by atoms with van der Waals surface area (Å²) in [7, 11) is 0. The molecular formula is C19H18N2O2. The maximum atomic E-state index is 12.7. The van der Waals surface area contributed by atoms with E-state index in [0.717, 1.165) is 24.3 Å². The fourth-order valence-electron chi connectivity index (χ4n) is 3.33. The van der Waals surface area contributed by atoms with E-state index in [-0.39, 0.29) is 11.8 Å². The van der Waals surface area contributed by atoms with Gasteiger partial charge in [-0.25, -0.2) is 4.90 Å². The molecule has 0 spiro atoms. The molecule has 4 rings (SSSR count). The van der Waals surface area contributed by atoms with Crippen LogP contribution >= 0.6 is 0 Å². The molecular weight excluding hydrogens is 288 g/mol. The summed E-state index contributed by atoms with van der Waals surface area (Å²) >= 11 is 0. The van der Waals surface area contributed by atoms with E-state index in [1.165, 1.54) is 17.7 Å². The van der Waals surface area contributed by atoms with Crippen molar-refractivity contribution >= 4 is 23.2 Å². The lowest BCUT2D eigenvalue weighted by Gasteiger charge is -2.17. The number of nitrogens with zero attached hydrogens (tertiary/aromatic N) is 2. The first-order valence-corrected chi connectivity index (χ1v) is 7.99. The van der Waals surface area contributed by atoms with Gasteiger partial charge in [-0.05, 0) is 50.1 Å². The smallest absolute Gasteiger partial charge is 0.266 e. The SMILES string of the molecule is Cc1ccc(N2C(=O)c3ccc(N4CCCC4)cc3C2=O)cc1. The van der Waals surface area contributed by atoms with E-state index in [4.69, 9.17) is 0 Å². The Hall–Kier alpha value is -2.62. The number of carbonyl (C=O) groups excluding carboxylic acids is 2. The standard InChI is InChI=1S/C19H18N2O2/c1-13-4-6-14(7-5-13)21-18(22)16-9-8-15(12-17(16)19(21)23)20-10-2-3-11-20/h4-9,12H,2-3,10-11H2,1H3. The Labute approximate surface area is 135 Å². The van der Waals surface area contributed by atoms with Crippen LogP contribution in [0, 0.1) is 6.92 Å². The van der Waals surface area contributed by atoms with E-state index < -0.39 is 0 Å². The summed E-state index contributed by atoms with van der Waals surface area (Å²) in [6.45, 7) is 4.01. The van der Waals surface area contributed by atoms with Gasteiger partial charge in [0.15, 0.2) is 0 Å². The minimum atomic E-state index is -0.234. The normalized spacial score (nSPS) is 17.1.